The zero-order chi connectivity index (χ0) is 25.6. The maximum Gasteiger partial charge on any atom is 0.260 e. The maximum atomic E-state index is 13.7. The number of rotatable bonds is 12. The van der Waals surface area contributed by atoms with Gasteiger partial charge in [0.25, 0.3) is 5.91 Å². The third kappa shape index (κ3) is 7.01. The van der Waals surface area contributed by atoms with Crippen LogP contribution in [0.15, 0.2) is 47.4 Å². The lowest BCUT2D eigenvalue weighted by Gasteiger charge is -2.25. The third-order valence-corrected chi connectivity index (χ3v) is 8.90. The standard InChI is InChI=1S/C25H33FN4O3S2.ClH/c1-5-8-15-28(4)35(32,33)21-12-9-19(10-13-21)24(31)30(17-16-29(6-2)7-3)25-27-22-14-11-20(26)18-23(22)34-25;/h9-14,18H,5-8,15-17H2,1-4H3;1H. The van der Waals surface area contributed by atoms with Crippen molar-refractivity contribution in [2.75, 3.05) is 44.7 Å². The maximum absolute atomic E-state index is 13.7. The number of benzene rings is 2. The van der Waals surface area contributed by atoms with Crippen LogP contribution in [0.25, 0.3) is 10.2 Å². The summed E-state index contributed by atoms with van der Waals surface area (Å²) in [4.78, 5) is 22.1. The first-order valence-electron chi connectivity index (χ1n) is 11.9. The second kappa shape index (κ2) is 13.4. The van der Waals surface area contributed by atoms with Gasteiger partial charge in [-0.05, 0) is 62.0 Å². The molecule has 0 saturated heterocycles. The molecule has 0 N–H and O–H groups in total. The molecule has 0 bridgehead atoms. The number of hydrogen-bond acceptors (Lipinski definition) is 6. The van der Waals surface area contributed by atoms with E-state index in [1.807, 2.05) is 6.92 Å². The molecule has 11 heteroatoms. The van der Waals surface area contributed by atoms with E-state index in [2.05, 4.69) is 23.7 Å². The van der Waals surface area contributed by atoms with Crippen molar-refractivity contribution in [2.24, 2.45) is 0 Å². The zero-order valence-electron chi connectivity index (χ0n) is 21.1. The lowest BCUT2D eigenvalue weighted by Crippen LogP contribution is -2.38. The zero-order valence-corrected chi connectivity index (χ0v) is 23.6. The van der Waals surface area contributed by atoms with E-state index < -0.39 is 10.0 Å². The number of thiazole rings is 1. The van der Waals surface area contributed by atoms with Gasteiger partial charge in [-0.25, -0.2) is 22.1 Å². The molecule has 0 unspecified atom stereocenters. The van der Waals surface area contributed by atoms with Crippen molar-refractivity contribution < 1.29 is 17.6 Å². The Morgan fingerprint density at radius 2 is 1.67 bits per heavy atom. The Morgan fingerprint density at radius 1 is 1.00 bits per heavy atom. The molecule has 0 atom stereocenters. The molecule has 0 fully saturated rings. The minimum atomic E-state index is -3.62. The van der Waals surface area contributed by atoms with Crippen molar-refractivity contribution >= 4 is 55.0 Å². The number of fused-ring (bicyclic) bond motifs is 1. The second-order valence-electron chi connectivity index (χ2n) is 8.30. The Bertz CT molecular complexity index is 1250. The summed E-state index contributed by atoms with van der Waals surface area (Å²) in [5.74, 6) is -0.630. The number of halogens is 2. The van der Waals surface area contributed by atoms with Gasteiger partial charge in [0.2, 0.25) is 10.0 Å². The molecular weight excluding hydrogens is 523 g/mol. The molecule has 1 amide bonds. The van der Waals surface area contributed by atoms with Gasteiger partial charge < -0.3 is 4.90 Å². The highest BCUT2D eigenvalue weighted by Crippen LogP contribution is 2.30. The minimum absolute atomic E-state index is 0. The average molecular weight is 557 g/mol. The van der Waals surface area contributed by atoms with Gasteiger partial charge in [-0.1, -0.05) is 38.5 Å². The molecular formula is C25H34ClFN4O3S2. The number of hydrogen-bond donors (Lipinski definition) is 0. The molecule has 1 heterocycles. The van der Waals surface area contributed by atoms with Crippen LogP contribution in [0.3, 0.4) is 0 Å². The molecule has 0 saturated carbocycles. The molecule has 198 valence electrons. The molecule has 0 aliphatic heterocycles. The fraction of sp³-hybridized carbons (Fsp3) is 0.440. The molecule has 0 radical (unpaired) electrons. The van der Waals surface area contributed by atoms with Crippen molar-refractivity contribution in [3.8, 4) is 0 Å². The number of amides is 1. The molecule has 2 aromatic carbocycles. The Hall–Kier alpha value is -2.11. The Kier molecular flexibility index (Phi) is 11.2. The number of unbranched alkanes of at least 4 members (excludes halogenated alkanes) is 1. The van der Waals surface area contributed by atoms with Crippen LogP contribution in [0.5, 0.6) is 0 Å². The molecule has 0 aliphatic carbocycles. The number of carbonyl (C=O) groups excluding carboxylic acids is 1. The highest BCUT2D eigenvalue weighted by Gasteiger charge is 2.24. The van der Waals surface area contributed by atoms with Crippen LogP contribution in [0.1, 0.15) is 44.0 Å². The van der Waals surface area contributed by atoms with E-state index in [9.17, 15) is 17.6 Å². The quantitative estimate of drug-likeness (QED) is 0.304. The fourth-order valence-corrected chi connectivity index (χ4v) is 5.90. The van der Waals surface area contributed by atoms with Gasteiger partial charge in [-0.15, -0.1) is 12.4 Å². The summed E-state index contributed by atoms with van der Waals surface area (Å²) in [5.41, 5.74) is 0.994. The minimum Gasteiger partial charge on any atom is -0.302 e. The lowest BCUT2D eigenvalue weighted by molar-refractivity contribution is 0.0983. The number of likely N-dealkylation sites (N-methyl/N-ethyl adjacent to an activating group) is 1. The van der Waals surface area contributed by atoms with Gasteiger partial charge in [0.15, 0.2) is 5.13 Å². The van der Waals surface area contributed by atoms with E-state index in [1.54, 1.807) is 30.1 Å². The predicted octanol–water partition coefficient (Wildman–Crippen LogP) is 5.27. The summed E-state index contributed by atoms with van der Waals surface area (Å²) in [6, 6.07) is 10.4. The monoisotopic (exact) mass is 556 g/mol. The van der Waals surface area contributed by atoms with Crippen LogP contribution in [0, 0.1) is 5.82 Å². The van der Waals surface area contributed by atoms with Crippen molar-refractivity contribution in [1.29, 1.82) is 0 Å². The van der Waals surface area contributed by atoms with Gasteiger partial charge >= 0.3 is 0 Å². The Balaban J connectivity index is 0.00000456. The number of carbonyl (C=O) groups is 1. The predicted molar refractivity (Wildman–Crippen MR) is 147 cm³/mol. The first-order chi connectivity index (χ1) is 16.7. The lowest BCUT2D eigenvalue weighted by atomic mass is 10.2. The number of nitrogens with zero attached hydrogens (tertiary/aromatic N) is 4. The summed E-state index contributed by atoms with van der Waals surface area (Å²) in [7, 11) is -2.06. The number of sulfonamides is 1. The van der Waals surface area contributed by atoms with E-state index in [0.717, 1.165) is 25.9 Å². The summed E-state index contributed by atoms with van der Waals surface area (Å²) in [5, 5.41) is 0.485. The summed E-state index contributed by atoms with van der Waals surface area (Å²) in [6.07, 6.45) is 1.68. The van der Waals surface area contributed by atoms with Gasteiger partial charge in [0, 0.05) is 32.2 Å². The molecule has 3 rings (SSSR count). The summed E-state index contributed by atoms with van der Waals surface area (Å²) < 4.78 is 41.4. The van der Waals surface area contributed by atoms with Gasteiger partial charge in [0.05, 0.1) is 15.1 Å². The number of anilines is 1. The van der Waals surface area contributed by atoms with Crippen LogP contribution < -0.4 is 4.90 Å². The van der Waals surface area contributed by atoms with E-state index in [-0.39, 0.29) is 29.0 Å². The fourth-order valence-electron chi connectivity index (χ4n) is 3.67. The highest BCUT2D eigenvalue weighted by molar-refractivity contribution is 7.89. The van der Waals surface area contributed by atoms with Gasteiger partial charge in [-0.3, -0.25) is 9.69 Å². The van der Waals surface area contributed by atoms with Crippen molar-refractivity contribution in [2.45, 2.75) is 38.5 Å². The normalized spacial score (nSPS) is 11.8. The second-order valence-corrected chi connectivity index (χ2v) is 11.4. The molecule has 1 aromatic heterocycles. The topological polar surface area (TPSA) is 73.8 Å². The molecule has 0 spiro atoms. The summed E-state index contributed by atoms with van der Waals surface area (Å²) >= 11 is 1.26. The first kappa shape index (κ1) is 30.1. The van der Waals surface area contributed by atoms with E-state index in [4.69, 9.17) is 0 Å². The smallest absolute Gasteiger partial charge is 0.260 e. The Morgan fingerprint density at radius 3 is 2.28 bits per heavy atom. The average Bonchev–Trinajstić information content (AvgIpc) is 3.27. The first-order valence-corrected chi connectivity index (χ1v) is 14.1. The van der Waals surface area contributed by atoms with Crippen LogP contribution in [0.2, 0.25) is 0 Å². The molecule has 0 aliphatic rings. The van der Waals surface area contributed by atoms with Crippen LogP contribution in [0.4, 0.5) is 9.52 Å². The SMILES string of the molecule is CCCCN(C)S(=O)(=O)c1ccc(C(=O)N(CCN(CC)CC)c2nc3ccc(F)cc3s2)cc1.Cl. The van der Waals surface area contributed by atoms with Crippen LogP contribution in [-0.4, -0.2) is 68.3 Å². The van der Waals surface area contributed by atoms with E-state index >= 15 is 0 Å². The summed E-state index contributed by atoms with van der Waals surface area (Å²) in [6.45, 7) is 9.33. The van der Waals surface area contributed by atoms with Crippen LogP contribution in [-0.2, 0) is 10.0 Å². The third-order valence-electron chi connectivity index (χ3n) is 5.99. The Labute approximate surface area is 223 Å². The molecule has 36 heavy (non-hydrogen) atoms. The van der Waals surface area contributed by atoms with Crippen molar-refractivity contribution in [1.82, 2.24) is 14.2 Å². The van der Waals surface area contributed by atoms with Crippen molar-refractivity contribution in [3.05, 3.63) is 53.8 Å². The highest BCUT2D eigenvalue weighted by atomic mass is 35.5. The van der Waals surface area contributed by atoms with Gasteiger partial charge in [0.1, 0.15) is 5.82 Å². The van der Waals surface area contributed by atoms with E-state index in [1.165, 1.54) is 39.9 Å². The van der Waals surface area contributed by atoms with E-state index in [0.29, 0.717) is 40.5 Å². The van der Waals surface area contributed by atoms with Crippen molar-refractivity contribution in [3.63, 3.8) is 0 Å². The largest absolute Gasteiger partial charge is 0.302 e. The van der Waals surface area contributed by atoms with Gasteiger partial charge in [-0.2, -0.15) is 0 Å². The molecule has 7 nitrogen and oxygen atoms in total. The molecule has 3 aromatic rings. The van der Waals surface area contributed by atoms with Crippen LogP contribution >= 0.6 is 23.7 Å². The number of aromatic nitrogens is 1.